The number of hydrazone groups is 1. The topological polar surface area (TPSA) is 72.4 Å². The number of aromatic nitrogens is 1. The van der Waals surface area contributed by atoms with Crippen LogP contribution in [0.15, 0.2) is 53.6 Å². The number of halogens is 2. The predicted molar refractivity (Wildman–Crippen MR) is 111 cm³/mol. The number of nitrogen functional groups attached to an aromatic ring is 1. The van der Waals surface area contributed by atoms with Gasteiger partial charge in [0.1, 0.15) is 0 Å². The van der Waals surface area contributed by atoms with E-state index in [9.17, 15) is 4.79 Å². The van der Waals surface area contributed by atoms with Crippen LogP contribution in [0, 0.1) is 13.8 Å². The summed E-state index contributed by atoms with van der Waals surface area (Å²) in [5.74, 6) is -0.359. The van der Waals surface area contributed by atoms with E-state index in [2.05, 4.69) is 10.5 Å². The molecule has 0 aliphatic heterocycles. The van der Waals surface area contributed by atoms with E-state index in [1.165, 1.54) is 0 Å². The molecule has 0 radical (unpaired) electrons. The van der Waals surface area contributed by atoms with Gasteiger partial charge in [-0.15, -0.1) is 0 Å². The van der Waals surface area contributed by atoms with Gasteiger partial charge in [-0.25, -0.2) is 5.43 Å². The molecule has 0 unspecified atom stereocenters. The molecule has 0 fully saturated rings. The molecule has 5 nitrogen and oxygen atoms in total. The number of rotatable bonds is 4. The summed E-state index contributed by atoms with van der Waals surface area (Å²) >= 11 is 12.1. The number of amides is 1. The van der Waals surface area contributed by atoms with Gasteiger partial charge in [0, 0.05) is 28.3 Å². The third-order valence-electron chi connectivity index (χ3n) is 4.21. The number of hydrogen-bond acceptors (Lipinski definition) is 3. The average Bonchev–Trinajstić information content (AvgIpc) is 2.91. The van der Waals surface area contributed by atoms with Crippen molar-refractivity contribution >= 4 is 41.0 Å². The fraction of sp³-hybridized carbons (Fsp3) is 0.100. The molecule has 1 aromatic heterocycles. The number of anilines is 1. The number of benzene rings is 2. The van der Waals surface area contributed by atoms with Gasteiger partial charge >= 0.3 is 0 Å². The molecule has 3 aromatic rings. The molecule has 0 bridgehead atoms. The highest BCUT2D eigenvalue weighted by molar-refractivity contribution is 6.42. The van der Waals surface area contributed by atoms with Crippen molar-refractivity contribution in [3.8, 4) is 5.69 Å². The van der Waals surface area contributed by atoms with Gasteiger partial charge in [-0.1, -0.05) is 35.3 Å². The number of nitrogens with zero attached hydrogens (tertiary/aromatic N) is 2. The summed E-state index contributed by atoms with van der Waals surface area (Å²) in [5, 5.41) is 5.06. The summed E-state index contributed by atoms with van der Waals surface area (Å²) in [6.07, 6.45) is 1.60. The van der Waals surface area contributed by atoms with Gasteiger partial charge in [0.2, 0.25) is 0 Å². The molecule has 1 heterocycles. The molecule has 3 rings (SSSR count). The predicted octanol–water partition coefficient (Wildman–Crippen LogP) is 4.75. The molecule has 3 N–H and O–H groups in total. The van der Waals surface area contributed by atoms with E-state index in [0.717, 1.165) is 22.6 Å². The summed E-state index contributed by atoms with van der Waals surface area (Å²) in [6, 6.07) is 14.3. The first kappa shape index (κ1) is 19.0. The minimum absolute atomic E-state index is 0.359. The molecule has 0 atom stereocenters. The zero-order valence-electron chi connectivity index (χ0n) is 14.8. The van der Waals surface area contributed by atoms with Crippen LogP contribution in [0.2, 0.25) is 10.0 Å². The zero-order valence-corrected chi connectivity index (χ0v) is 16.3. The molecule has 27 heavy (non-hydrogen) atoms. The lowest BCUT2D eigenvalue weighted by atomic mass is 10.2. The SMILES string of the molecule is Cc1cc(/C=N\NC(=O)c2ccccc2N)c(C)n1-c1ccc(Cl)c(Cl)c1. The van der Waals surface area contributed by atoms with Crippen LogP contribution in [-0.2, 0) is 0 Å². The Hall–Kier alpha value is -2.76. The molecular formula is C20H18Cl2N4O. The fourth-order valence-electron chi connectivity index (χ4n) is 2.86. The number of nitrogens with one attached hydrogen (secondary N) is 1. The van der Waals surface area contributed by atoms with Crippen molar-refractivity contribution < 1.29 is 4.79 Å². The van der Waals surface area contributed by atoms with E-state index >= 15 is 0 Å². The van der Waals surface area contributed by atoms with Crippen LogP contribution in [0.1, 0.15) is 27.3 Å². The summed E-state index contributed by atoms with van der Waals surface area (Å²) in [5.41, 5.74) is 12.8. The molecule has 0 spiro atoms. The smallest absolute Gasteiger partial charge is 0.273 e. The maximum atomic E-state index is 12.2. The zero-order chi connectivity index (χ0) is 19.6. The second-order valence-electron chi connectivity index (χ2n) is 6.05. The van der Waals surface area contributed by atoms with Crippen LogP contribution in [0.25, 0.3) is 5.69 Å². The Bertz CT molecular complexity index is 1040. The van der Waals surface area contributed by atoms with Crippen molar-refractivity contribution in [1.82, 2.24) is 9.99 Å². The van der Waals surface area contributed by atoms with E-state index in [1.54, 1.807) is 36.5 Å². The molecule has 0 saturated carbocycles. The standard InChI is InChI=1S/C20H18Cl2N4O/c1-12-9-14(11-24-25-20(27)16-5-3-4-6-19(16)23)13(2)26(12)15-7-8-17(21)18(22)10-15/h3-11H,23H2,1-2H3,(H,25,27)/b24-11-. The van der Waals surface area contributed by atoms with E-state index in [0.29, 0.717) is 21.3 Å². The van der Waals surface area contributed by atoms with Crippen molar-refractivity contribution in [2.45, 2.75) is 13.8 Å². The Morgan fingerprint density at radius 2 is 1.85 bits per heavy atom. The highest BCUT2D eigenvalue weighted by Crippen LogP contribution is 2.27. The van der Waals surface area contributed by atoms with Gasteiger partial charge < -0.3 is 10.3 Å². The Kier molecular flexibility index (Phi) is 5.54. The molecule has 2 aromatic carbocycles. The van der Waals surface area contributed by atoms with Crippen molar-refractivity contribution in [3.05, 3.63) is 81.1 Å². The second kappa shape index (κ2) is 7.86. The third-order valence-corrected chi connectivity index (χ3v) is 4.95. The van der Waals surface area contributed by atoms with Crippen LogP contribution in [0.4, 0.5) is 5.69 Å². The summed E-state index contributed by atoms with van der Waals surface area (Å²) in [6.45, 7) is 3.95. The Balaban J connectivity index is 1.82. The molecule has 138 valence electrons. The number of carbonyl (C=O) groups is 1. The van der Waals surface area contributed by atoms with Gasteiger partial charge in [-0.2, -0.15) is 5.10 Å². The third kappa shape index (κ3) is 3.99. The van der Waals surface area contributed by atoms with Gasteiger partial charge in [0.05, 0.1) is 21.8 Å². The Morgan fingerprint density at radius 1 is 1.11 bits per heavy atom. The first-order valence-electron chi connectivity index (χ1n) is 8.20. The van der Waals surface area contributed by atoms with Gasteiger partial charge in [0.15, 0.2) is 0 Å². The van der Waals surface area contributed by atoms with E-state index in [1.807, 2.05) is 36.6 Å². The highest BCUT2D eigenvalue weighted by Gasteiger charge is 2.11. The van der Waals surface area contributed by atoms with Crippen LogP contribution in [0.3, 0.4) is 0 Å². The molecule has 1 amide bonds. The first-order valence-corrected chi connectivity index (χ1v) is 8.96. The van der Waals surface area contributed by atoms with Gasteiger partial charge in [-0.3, -0.25) is 4.79 Å². The van der Waals surface area contributed by atoms with Crippen molar-refractivity contribution in [2.75, 3.05) is 5.73 Å². The van der Waals surface area contributed by atoms with E-state index in [4.69, 9.17) is 28.9 Å². The van der Waals surface area contributed by atoms with Crippen molar-refractivity contribution in [3.63, 3.8) is 0 Å². The monoisotopic (exact) mass is 400 g/mol. The highest BCUT2D eigenvalue weighted by atomic mass is 35.5. The summed E-state index contributed by atoms with van der Waals surface area (Å²) < 4.78 is 2.04. The van der Waals surface area contributed by atoms with Crippen molar-refractivity contribution in [1.29, 1.82) is 0 Å². The number of aryl methyl sites for hydroxylation is 1. The van der Waals surface area contributed by atoms with Crippen LogP contribution in [-0.4, -0.2) is 16.7 Å². The second-order valence-corrected chi connectivity index (χ2v) is 6.86. The minimum Gasteiger partial charge on any atom is -0.398 e. The average molecular weight is 401 g/mol. The summed E-state index contributed by atoms with van der Waals surface area (Å²) in [7, 11) is 0. The van der Waals surface area contributed by atoms with Crippen LogP contribution in [0.5, 0.6) is 0 Å². The van der Waals surface area contributed by atoms with Gasteiger partial charge in [0.25, 0.3) is 5.91 Å². The maximum absolute atomic E-state index is 12.2. The summed E-state index contributed by atoms with van der Waals surface area (Å²) in [4.78, 5) is 12.2. The maximum Gasteiger partial charge on any atom is 0.273 e. The normalized spacial score (nSPS) is 11.1. The number of carbonyl (C=O) groups excluding carboxylic acids is 1. The first-order chi connectivity index (χ1) is 12.9. The lowest BCUT2D eigenvalue weighted by molar-refractivity contribution is 0.0956. The molecular weight excluding hydrogens is 383 g/mol. The number of nitrogens with two attached hydrogens (primary N) is 1. The van der Waals surface area contributed by atoms with E-state index in [-0.39, 0.29) is 5.91 Å². The molecule has 0 saturated heterocycles. The number of para-hydroxylation sites is 1. The van der Waals surface area contributed by atoms with Crippen molar-refractivity contribution in [2.24, 2.45) is 5.10 Å². The van der Waals surface area contributed by atoms with Gasteiger partial charge in [-0.05, 0) is 50.2 Å². The minimum atomic E-state index is -0.359. The Morgan fingerprint density at radius 3 is 2.56 bits per heavy atom. The van der Waals surface area contributed by atoms with Crippen LogP contribution >= 0.6 is 23.2 Å². The molecule has 7 heteroatoms. The molecule has 0 aliphatic rings. The lowest BCUT2D eigenvalue weighted by Crippen LogP contribution is -2.19. The fourth-order valence-corrected chi connectivity index (χ4v) is 3.16. The molecule has 0 aliphatic carbocycles. The lowest BCUT2D eigenvalue weighted by Gasteiger charge is -2.10. The Labute approximate surface area is 167 Å². The van der Waals surface area contributed by atoms with Crippen LogP contribution < -0.4 is 11.2 Å². The largest absolute Gasteiger partial charge is 0.398 e. The van der Waals surface area contributed by atoms with E-state index < -0.39 is 0 Å². The quantitative estimate of drug-likeness (QED) is 0.376. The number of hydrogen-bond donors (Lipinski definition) is 2.